The van der Waals surface area contributed by atoms with E-state index in [-0.39, 0.29) is 18.9 Å². The number of hydrogen-bond acceptors (Lipinski definition) is 5. The van der Waals surface area contributed by atoms with Gasteiger partial charge in [0, 0.05) is 27.4 Å². The van der Waals surface area contributed by atoms with Gasteiger partial charge < -0.3 is 9.84 Å². The number of aryl methyl sites for hydroxylation is 2. The lowest BCUT2D eigenvalue weighted by atomic mass is 10.1. The molecule has 2 aromatic heterocycles. The van der Waals surface area contributed by atoms with Gasteiger partial charge in [-0.05, 0) is 32.9 Å². The summed E-state index contributed by atoms with van der Waals surface area (Å²) in [5.41, 5.74) is 3.85. The van der Waals surface area contributed by atoms with Crippen molar-refractivity contribution in [2.24, 2.45) is 0 Å². The fourth-order valence-corrected chi connectivity index (χ4v) is 2.95. The van der Waals surface area contributed by atoms with Crippen LogP contribution >= 0.6 is 11.6 Å². The van der Waals surface area contributed by atoms with Crippen LogP contribution in [0.5, 0.6) is 5.88 Å². The highest BCUT2D eigenvalue weighted by atomic mass is 35.5. The van der Waals surface area contributed by atoms with Gasteiger partial charge in [0.2, 0.25) is 5.88 Å². The number of nitrogens with zero attached hydrogens (tertiary/aromatic N) is 3. The fraction of sp³-hybridized carbons (Fsp3) is 0.278. The third kappa shape index (κ3) is 3.17. The zero-order chi connectivity index (χ0) is 18.1. The second-order valence-electron chi connectivity index (χ2n) is 5.70. The Kier molecular flexibility index (Phi) is 4.63. The zero-order valence-corrected chi connectivity index (χ0v) is 15.0. The first kappa shape index (κ1) is 17.2. The van der Waals surface area contributed by atoms with Crippen molar-refractivity contribution in [3.63, 3.8) is 0 Å². The van der Waals surface area contributed by atoms with Crippen LogP contribution < -0.4 is 0 Å². The van der Waals surface area contributed by atoms with Crippen molar-refractivity contribution in [2.75, 3.05) is 6.61 Å². The zero-order valence-electron chi connectivity index (χ0n) is 14.2. The van der Waals surface area contributed by atoms with Crippen molar-refractivity contribution >= 4 is 23.2 Å². The van der Waals surface area contributed by atoms with Crippen molar-refractivity contribution in [3.05, 3.63) is 46.1 Å². The minimum absolute atomic E-state index is 0.0557. The largest absolute Gasteiger partial charge is 0.493 e. The molecule has 1 N–H and O–H groups in total. The lowest BCUT2D eigenvalue weighted by Crippen LogP contribution is -2.11. The number of esters is 1. The van der Waals surface area contributed by atoms with Crippen molar-refractivity contribution in [1.82, 2.24) is 14.6 Å². The molecule has 0 spiro atoms. The molecule has 7 heteroatoms. The Morgan fingerprint density at radius 1 is 1.36 bits per heavy atom. The lowest BCUT2D eigenvalue weighted by Gasteiger charge is -2.09. The van der Waals surface area contributed by atoms with E-state index >= 15 is 0 Å². The van der Waals surface area contributed by atoms with Crippen molar-refractivity contribution < 1.29 is 14.6 Å². The summed E-state index contributed by atoms with van der Waals surface area (Å²) in [5, 5.41) is 15.7. The van der Waals surface area contributed by atoms with E-state index in [2.05, 4.69) is 10.1 Å². The maximum absolute atomic E-state index is 11.8. The number of aromatic hydroxyl groups is 1. The van der Waals surface area contributed by atoms with Gasteiger partial charge >= 0.3 is 5.97 Å². The van der Waals surface area contributed by atoms with Crippen LogP contribution in [0.1, 0.15) is 23.7 Å². The average molecular weight is 360 g/mol. The molecule has 0 aliphatic rings. The molecule has 6 nitrogen and oxygen atoms in total. The first-order valence-electron chi connectivity index (χ1n) is 7.91. The maximum Gasteiger partial charge on any atom is 0.310 e. The predicted octanol–water partition coefficient (Wildman–Crippen LogP) is 3.48. The monoisotopic (exact) mass is 359 g/mol. The highest BCUT2D eigenvalue weighted by Crippen LogP contribution is 2.30. The minimum Gasteiger partial charge on any atom is -0.493 e. The quantitative estimate of drug-likeness (QED) is 0.722. The summed E-state index contributed by atoms with van der Waals surface area (Å²) in [7, 11) is 0. The number of carbonyl (C=O) groups is 1. The Hall–Kier alpha value is -2.60. The number of ether oxygens (including phenoxy) is 1. The van der Waals surface area contributed by atoms with Gasteiger partial charge in [-0.25, -0.2) is 4.98 Å². The van der Waals surface area contributed by atoms with E-state index in [1.54, 1.807) is 26.0 Å². The number of rotatable bonds is 4. The van der Waals surface area contributed by atoms with E-state index in [0.717, 1.165) is 11.1 Å². The highest BCUT2D eigenvalue weighted by Gasteiger charge is 2.20. The van der Waals surface area contributed by atoms with Gasteiger partial charge in [0.25, 0.3) is 0 Å². The molecule has 25 heavy (non-hydrogen) atoms. The van der Waals surface area contributed by atoms with Crippen molar-refractivity contribution in [3.8, 4) is 17.1 Å². The molecule has 3 rings (SSSR count). The Bertz CT molecular complexity index is 966. The van der Waals surface area contributed by atoms with Crippen LogP contribution in [-0.4, -0.2) is 32.3 Å². The normalized spacial score (nSPS) is 11.0. The summed E-state index contributed by atoms with van der Waals surface area (Å²) >= 11 is 6.06. The summed E-state index contributed by atoms with van der Waals surface area (Å²) in [6, 6.07) is 7.32. The Balaban J connectivity index is 2.15. The van der Waals surface area contributed by atoms with Gasteiger partial charge in [0.15, 0.2) is 5.65 Å². The molecule has 0 radical (unpaired) electrons. The number of halogens is 1. The molecule has 0 bridgehead atoms. The smallest absolute Gasteiger partial charge is 0.310 e. The molecule has 0 saturated carbocycles. The van der Waals surface area contributed by atoms with Gasteiger partial charge in [-0.1, -0.05) is 23.7 Å². The molecule has 0 amide bonds. The standard InChI is InChI=1S/C18H18ClN3O3/c1-4-25-15(23)9-14-11(3)20-17-10(2)16(21-22(17)18(14)24)12-6-5-7-13(19)8-12/h5-8,24H,4,9H2,1-3H3. The second-order valence-corrected chi connectivity index (χ2v) is 6.14. The van der Waals surface area contributed by atoms with E-state index in [0.29, 0.717) is 27.6 Å². The molecule has 0 atom stereocenters. The number of aromatic nitrogens is 3. The predicted molar refractivity (Wildman–Crippen MR) is 94.9 cm³/mol. The van der Waals surface area contributed by atoms with Gasteiger partial charge in [0.1, 0.15) is 0 Å². The van der Waals surface area contributed by atoms with E-state index < -0.39 is 5.97 Å². The number of carbonyl (C=O) groups excluding carboxylic acids is 1. The molecule has 1 aromatic carbocycles. The minimum atomic E-state index is -0.416. The van der Waals surface area contributed by atoms with Crippen LogP contribution in [0.25, 0.3) is 16.9 Å². The first-order chi connectivity index (χ1) is 11.9. The van der Waals surface area contributed by atoms with Crippen LogP contribution in [0, 0.1) is 13.8 Å². The Labute approximate surface area is 150 Å². The molecule has 0 aliphatic carbocycles. The topological polar surface area (TPSA) is 76.7 Å². The summed E-state index contributed by atoms with van der Waals surface area (Å²) in [6.45, 7) is 5.66. The summed E-state index contributed by atoms with van der Waals surface area (Å²) in [5.74, 6) is -0.520. The highest BCUT2D eigenvalue weighted by molar-refractivity contribution is 6.30. The molecule has 2 heterocycles. The summed E-state index contributed by atoms with van der Waals surface area (Å²) in [6.07, 6.45) is -0.0557. The Morgan fingerprint density at radius 3 is 2.80 bits per heavy atom. The van der Waals surface area contributed by atoms with Crippen LogP contribution in [-0.2, 0) is 16.0 Å². The SMILES string of the molecule is CCOC(=O)Cc1c(C)nc2c(C)c(-c3cccc(Cl)c3)nn2c1O. The molecule has 0 saturated heterocycles. The van der Waals surface area contributed by atoms with Gasteiger partial charge in [-0.15, -0.1) is 0 Å². The van der Waals surface area contributed by atoms with Crippen LogP contribution in [0.3, 0.4) is 0 Å². The first-order valence-corrected chi connectivity index (χ1v) is 8.29. The number of benzene rings is 1. The van der Waals surface area contributed by atoms with E-state index in [1.165, 1.54) is 4.52 Å². The third-order valence-corrected chi connectivity index (χ3v) is 4.23. The molecular formula is C18H18ClN3O3. The molecule has 0 aliphatic heterocycles. The average Bonchev–Trinajstić information content (AvgIpc) is 2.89. The van der Waals surface area contributed by atoms with Crippen LogP contribution in [0.15, 0.2) is 24.3 Å². The maximum atomic E-state index is 11.8. The molecule has 0 unspecified atom stereocenters. The van der Waals surface area contributed by atoms with Crippen molar-refractivity contribution in [1.29, 1.82) is 0 Å². The van der Waals surface area contributed by atoms with E-state index in [9.17, 15) is 9.90 Å². The number of hydrogen-bond donors (Lipinski definition) is 1. The molecule has 130 valence electrons. The number of fused-ring (bicyclic) bond motifs is 1. The Morgan fingerprint density at radius 2 is 2.12 bits per heavy atom. The lowest BCUT2D eigenvalue weighted by molar-refractivity contribution is -0.142. The fourth-order valence-electron chi connectivity index (χ4n) is 2.76. The molecular weight excluding hydrogens is 342 g/mol. The molecule has 3 aromatic rings. The third-order valence-electron chi connectivity index (χ3n) is 4.00. The van der Waals surface area contributed by atoms with Crippen LogP contribution in [0.2, 0.25) is 5.02 Å². The van der Waals surface area contributed by atoms with Crippen LogP contribution in [0.4, 0.5) is 0 Å². The summed E-state index contributed by atoms with van der Waals surface area (Å²) in [4.78, 5) is 16.3. The van der Waals surface area contributed by atoms with Gasteiger partial charge in [0.05, 0.1) is 18.7 Å². The van der Waals surface area contributed by atoms with E-state index in [1.807, 2.05) is 19.1 Å². The van der Waals surface area contributed by atoms with E-state index in [4.69, 9.17) is 16.3 Å². The van der Waals surface area contributed by atoms with Gasteiger partial charge in [-0.3, -0.25) is 4.79 Å². The molecule has 0 fully saturated rings. The van der Waals surface area contributed by atoms with Crippen molar-refractivity contribution in [2.45, 2.75) is 27.2 Å². The second kappa shape index (κ2) is 6.72. The summed E-state index contributed by atoms with van der Waals surface area (Å²) < 4.78 is 6.31. The van der Waals surface area contributed by atoms with Gasteiger partial charge in [-0.2, -0.15) is 9.61 Å².